The molecule has 2 N–H and O–H groups in total. The summed E-state index contributed by atoms with van der Waals surface area (Å²) in [7, 11) is 1.64. The van der Waals surface area contributed by atoms with Crippen LogP contribution >= 0.6 is 0 Å². The maximum absolute atomic E-state index is 13.1. The number of aromatic nitrogens is 2. The second-order valence-electron chi connectivity index (χ2n) is 6.99. The highest BCUT2D eigenvalue weighted by Crippen LogP contribution is 2.27. The van der Waals surface area contributed by atoms with E-state index < -0.39 is 0 Å². The summed E-state index contributed by atoms with van der Waals surface area (Å²) in [4.78, 5) is 8.75. The summed E-state index contributed by atoms with van der Waals surface area (Å²) in [5.74, 6) is 1.78. The van der Waals surface area contributed by atoms with E-state index in [4.69, 9.17) is 4.74 Å². The maximum atomic E-state index is 13.1. The number of rotatable bonds is 7. The lowest BCUT2D eigenvalue weighted by Gasteiger charge is -2.10. The van der Waals surface area contributed by atoms with Gasteiger partial charge in [0.15, 0.2) is 0 Å². The van der Waals surface area contributed by atoms with E-state index in [0.717, 1.165) is 22.7 Å². The molecule has 0 amide bonds. The van der Waals surface area contributed by atoms with E-state index >= 15 is 0 Å². The van der Waals surface area contributed by atoms with Gasteiger partial charge in [0.05, 0.1) is 12.7 Å². The molecule has 7 heteroatoms. The van der Waals surface area contributed by atoms with Crippen LogP contribution in [-0.2, 0) is 6.54 Å². The Hall–Kier alpha value is -4.44. The molecule has 2 aromatic heterocycles. The molecule has 2 aromatic carbocycles. The van der Waals surface area contributed by atoms with Crippen LogP contribution in [0.4, 0.5) is 21.7 Å². The summed E-state index contributed by atoms with van der Waals surface area (Å²) >= 11 is 0. The number of nitrogens with one attached hydrogen (secondary N) is 2. The number of ether oxygens (including phenoxy) is 1. The largest absolute Gasteiger partial charge is 0.497 e. The number of methoxy groups -OCH3 is 1. The van der Waals surface area contributed by atoms with Crippen molar-refractivity contribution in [3.8, 4) is 22.9 Å². The van der Waals surface area contributed by atoms with Gasteiger partial charge in [0.2, 0.25) is 0 Å². The van der Waals surface area contributed by atoms with Crippen molar-refractivity contribution >= 4 is 17.3 Å². The molecule has 0 bridgehead atoms. The van der Waals surface area contributed by atoms with Crippen LogP contribution in [0.3, 0.4) is 0 Å². The van der Waals surface area contributed by atoms with Crippen LogP contribution in [-0.4, -0.2) is 17.1 Å². The quantitative estimate of drug-likeness (QED) is 0.406. The summed E-state index contributed by atoms with van der Waals surface area (Å²) in [6.07, 6.45) is 3.23. The molecule has 4 aromatic rings. The second-order valence-corrected chi connectivity index (χ2v) is 6.99. The highest BCUT2D eigenvalue weighted by molar-refractivity contribution is 5.74. The third-order valence-electron chi connectivity index (χ3n) is 4.85. The topological polar surface area (TPSA) is 82.9 Å². The molecule has 2 heterocycles. The van der Waals surface area contributed by atoms with Crippen molar-refractivity contribution in [1.29, 1.82) is 5.26 Å². The van der Waals surface area contributed by atoms with E-state index in [1.54, 1.807) is 31.5 Å². The maximum Gasteiger partial charge on any atom is 0.130 e. The summed E-state index contributed by atoms with van der Waals surface area (Å²) in [5.41, 5.74) is 3.75. The van der Waals surface area contributed by atoms with Gasteiger partial charge in [0.1, 0.15) is 29.3 Å². The van der Waals surface area contributed by atoms with E-state index in [0.29, 0.717) is 29.2 Å². The number of nitrogens with zero attached hydrogens (tertiary/aromatic N) is 3. The monoisotopic (exact) mass is 425 g/mol. The molecule has 0 fully saturated rings. The Labute approximate surface area is 185 Å². The number of pyridine rings is 2. The Balaban J connectivity index is 1.49. The van der Waals surface area contributed by atoms with Gasteiger partial charge in [-0.1, -0.05) is 12.1 Å². The minimum Gasteiger partial charge on any atom is -0.497 e. The smallest absolute Gasteiger partial charge is 0.130 e. The van der Waals surface area contributed by atoms with Crippen LogP contribution in [0.2, 0.25) is 0 Å². The van der Waals surface area contributed by atoms with Gasteiger partial charge >= 0.3 is 0 Å². The molecule has 0 saturated carbocycles. The minimum atomic E-state index is -0.309. The van der Waals surface area contributed by atoms with Gasteiger partial charge in [-0.25, -0.2) is 14.4 Å². The molecule has 0 radical (unpaired) electrons. The molecule has 0 saturated heterocycles. The SMILES string of the molecule is COc1ccc(CNc2ccc(-c3cc(Nc4ccc(F)cc4)ncc3C#N)cn2)cc1. The van der Waals surface area contributed by atoms with Gasteiger partial charge in [-0.2, -0.15) is 5.26 Å². The molecule has 0 spiro atoms. The van der Waals surface area contributed by atoms with Crippen molar-refractivity contribution in [2.45, 2.75) is 6.54 Å². The van der Waals surface area contributed by atoms with E-state index in [1.165, 1.54) is 18.3 Å². The third-order valence-corrected chi connectivity index (χ3v) is 4.85. The fraction of sp³-hybridized carbons (Fsp3) is 0.0800. The first kappa shape index (κ1) is 20.8. The van der Waals surface area contributed by atoms with Crippen LogP contribution in [0.25, 0.3) is 11.1 Å². The van der Waals surface area contributed by atoms with E-state index in [-0.39, 0.29) is 5.82 Å². The van der Waals surface area contributed by atoms with E-state index in [9.17, 15) is 9.65 Å². The lowest BCUT2D eigenvalue weighted by atomic mass is 10.0. The molecule has 4 rings (SSSR count). The van der Waals surface area contributed by atoms with E-state index in [2.05, 4.69) is 26.7 Å². The fourth-order valence-electron chi connectivity index (χ4n) is 3.13. The Morgan fingerprint density at radius 2 is 1.69 bits per heavy atom. The Morgan fingerprint density at radius 1 is 0.938 bits per heavy atom. The second kappa shape index (κ2) is 9.58. The molecule has 158 valence electrons. The molecule has 0 aliphatic rings. The standard InChI is InChI=1S/C25H20FN5O/c1-32-22-9-2-17(3-10-22)14-28-24-11-4-18(15-29-24)23-12-25(30-16-19(23)13-27)31-21-7-5-20(26)6-8-21/h2-12,15-16H,14H2,1H3,(H,28,29)(H,30,31). The zero-order valence-corrected chi connectivity index (χ0v) is 17.3. The highest BCUT2D eigenvalue weighted by Gasteiger charge is 2.09. The normalized spacial score (nSPS) is 10.3. The lowest BCUT2D eigenvalue weighted by molar-refractivity contribution is 0.414. The number of hydrogen-bond acceptors (Lipinski definition) is 6. The zero-order chi connectivity index (χ0) is 22.3. The average Bonchev–Trinajstić information content (AvgIpc) is 2.85. The number of halogens is 1. The predicted molar refractivity (Wildman–Crippen MR) is 122 cm³/mol. The number of nitriles is 1. The first-order valence-electron chi connectivity index (χ1n) is 9.90. The van der Waals surface area contributed by atoms with Gasteiger partial charge in [-0.3, -0.25) is 0 Å². The lowest BCUT2D eigenvalue weighted by Crippen LogP contribution is -2.01. The van der Waals surface area contributed by atoms with Crippen LogP contribution in [0, 0.1) is 17.1 Å². The number of anilines is 3. The summed E-state index contributed by atoms with van der Waals surface area (Å²) in [6, 6.07) is 21.5. The van der Waals surface area contributed by atoms with Crippen molar-refractivity contribution in [3.63, 3.8) is 0 Å². The molecular formula is C25H20FN5O. The van der Waals surface area contributed by atoms with Crippen molar-refractivity contribution in [2.24, 2.45) is 0 Å². The van der Waals surface area contributed by atoms with Crippen LogP contribution < -0.4 is 15.4 Å². The van der Waals surface area contributed by atoms with E-state index in [1.807, 2.05) is 36.4 Å². The molecule has 0 aliphatic heterocycles. The highest BCUT2D eigenvalue weighted by atomic mass is 19.1. The minimum absolute atomic E-state index is 0.309. The molecule has 32 heavy (non-hydrogen) atoms. The Morgan fingerprint density at radius 3 is 2.34 bits per heavy atom. The van der Waals surface area contributed by atoms with Gasteiger partial charge < -0.3 is 15.4 Å². The Bertz CT molecular complexity index is 1230. The van der Waals surface area contributed by atoms with Crippen molar-refractivity contribution < 1.29 is 9.13 Å². The summed E-state index contributed by atoms with van der Waals surface area (Å²) in [5, 5.41) is 15.9. The van der Waals surface area contributed by atoms with Crippen molar-refractivity contribution in [1.82, 2.24) is 9.97 Å². The van der Waals surface area contributed by atoms with Gasteiger partial charge in [-0.05, 0) is 60.2 Å². The molecule has 0 unspecified atom stereocenters. The molecule has 6 nitrogen and oxygen atoms in total. The first-order valence-corrected chi connectivity index (χ1v) is 9.90. The summed E-state index contributed by atoms with van der Waals surface area (Å²) < 4.78 is 18.3. The first-order chi connectivity index (χ1) is 15.6. The molecule has 0 aliphatic carbocycles. The van der Waals surface area contributed by atoms with Crippen molar-refractivity contribution in [2.75, 3.05) is 17.7 Å². The van der Waals surface area contributed by atoms with Gasteiger partial charge in [0.25, 0.3) is 0 Å². The van der Waals surface area contributed by atoms with Crippen LogP contribution in [0.5, 0.6) is 5.75 Å². The third kappa shape index (κ3) is 4.99. The number of benzene rings is 2. The summed E-state index contributed by atoms with van der Waals surface area (Å²) in [6.45, 7) is 0.626. The van der Waals surface area contributed by atoms with Crippen LogP contribution in [0.1, 0.15) is 11.1 Å². The van der Waals surface area contributed by atoms with Gasteiger partial charge in [0, 0.05) is 35.8 Å². The zero-order valence-electron chi connectivity index (χ0n) is 17.3. The Kier molecular flexibility index (Phi) is 6.23. The number of hydrogen-bond donors (Lipinski definition) is 2. The van der Waals surface area contributed by atoms with Crippen LogP contribution in [0.15, 0.2) is 79.1 Å². The van der Waals surface area contributed by atoms with Crippen molar-refractivity contribution in [3.05, 3.63) is 96.1 Å². The molecule has 0 atom stereocenters. The van der Waals surface area contributed by atoms with Gasteiger partial charge in [-0.15, -0.1) is 0 Å². The fourth-order valence-corrected chi connectivity index (χ4v) is 3.13. The molecular weight excluding hydrogens is 405 g/mol. The average molecular weight is 425 g/mol. The predicted octanol–water partition coefficient (Wildman–Crippen LogP) is 5.52.